The number of benzene rings is 1. The molecule has 0 aliphatic heterocycles. The number of carbonyl (C=O) groups excluding carboxylic acids is 2. The van der Waals surface area contributed by atoms with Gasteiger partial charge >= 0.3 is 6.09 Å². The lowest BCUT2D eigenvalue weighted by Crippen LogP contribution is -2.49. The highest BCUT2D eigenvalue weighted by molar-refractivity contribution is 5.81. The number of amides is 2. The van der Waals surface area contributed by atoms with Crippen LogP contribution < -0.4 is 5.73 Å². The summed E-state index contributed by atoms with van der Waals surface area (Å²) in [6.45, 7) is 6.97. The summed E-state index contributed by atoms with van der Waals surface area (Å²) >= 11 is 0. The molecule has 3 N–H and O–H groups in total. The first-order chi connectivity index (χ1) is 10.2. The normalized spacial score (nSPS) is 11.1. The van der Waals surface area contributed by atoms with Crippen LogP contribution in [0.25, 0.3) is 0 Å². The van der Waals surface area contributed by atoms with Gasteiger partial charge in [-0.2, -0.15) is 0 Å². The minimum atomic E-state index is -0.613. The van der Waals surface area contributed by atoms with E-state index in [4.69, 9.17) is 10.5 Å². The number of carbonyl (C=O) groups is 2. The molecule has 0 aliphatic carbocycles. The van der Waals surface area contributed by atoms with E-state index in [1.54, 1.807) is 26.8 Å². The summed E-state index contributed by atoms with van der Waals surface area (Å²) in [5, 5.41) is 9.35. The molecule has 0 fully saturated rings. The van der Waals surface area contributed by atoms with Crippen LogP contribution in [-0.4, -0.2) is 34.1 Å². The number of aliphatic hydroxyl groups is 1. The number of nitrogens with zero attached hydrogens (tertiary/aromatic N) is 1. The van der Waals surface area contributed by atoms with Gasteiger partial charge in [0.2, 0.25) is 5.91 Å². The van der Waals surface area contributed by atoms with Crippen molar-refractivity contribution < 1.29 is 19.4 Å². The third-order valence-corrected chi connectivity index (χ3v) is 3.36. The highest BCUT2D eigenvalue weighted by atomic mass is 16.6. The van der Waals surface area contributed by atoms with Crippen LogP contribution in [0.3, 0.4) is 0 Å². The summed E-state index contributed by atoms with van der Waals surface area (Å²) < 4.78 is 5.31. The maximum atomic E-state index is 12.2. The molecule has 0 spiro atoms. The zero-order chi connectivity index (χ0) is 16.9. The van der Waals surface area contributed by atoms with Gasteiger partial charge in [0, 0.05) is 5.54 Å². The molecule has 6 heteroatoms. The fourth-order valence-corrected chi connectivity index (χ4v) is 2.06. The maximum absolute atomic E-state index is 12.2. The van der Waals surface area contributed by atoms with Crippen LogP contribution in [0.15, 0.2) is 18.2 Å². The van der Waals surface area contributed by atoms with Gasteiger partial charge in [0.25, 0.3) is 0 Å². The first kappa shape index (κ1) is 18.0. The number of primary amides is 1. The molecule has 1 aromatic rings. The molecule has 0 saturated heterocycles. The van der Waals surface area contributed by atoms with Gasteiger partial charge in [-0.3, -0.25) is 9.69 Å². The van der Waals surface area contributed by atoms with Crippen LogP contribution in [0.2, 0.25) is 0 Å². The average molecular weight is 308 g/mol. The molecular weight excluding hydrogens is 284 g/mol. The fourth-order valence-electron chi connectivity index (χ4n) is 2.06. The molecule has 2 amide bonds. The molecule has 0 aromatic heterocycles. The number of nitrogens with two attached hydrogens (primary N) is 1. The number of ether oxygens (including phenoxy) is 1. The predicted molar refractivity (Wildman–Crippen MR) is 82.9 cm³/mol. The Bertz CT molecular complexity index is 550. The molecule has 0 heterocycles. The lowest BCUT2D eigenvalue weighted by molar-refractivity contribution is -0.120. The zero-order valence-electron chi connectivity index (χ0n) is 13.5. The van der Waals surface area contributed by atoms with Crippen LogP contribution in [0, 0.1) is 6.92 Å². The number of hydrogen-bond donors (Lipinski definition) is 2. The molecule has 1 aromatic carbocycles. The molecule has 0 aliphatic rings. The summed E-state index contributed by atoms with van der Waals surface area (Å²) in [5.74, 6) is -0.598. The van der Waals surface area contributed by atoms with Crippen molar-refractivity contribution in [3.05, 3.63) is 34.9 Å². The Labute approximate surface area is 130 Å². The summed E-state index contributed by atoms with van der Waals surface area (Å²) in [5.41, 5.74) is 7.01. The molecule has 0 unspecified atom stereocenters. The van der Waals surface area contributed by atoms with E-state index in [0.717, 1.165) is 11.1 Å². The second-order valence-electron chi connectivity index (χ2n) is 6.15. The lowest BCUT2D eigenvalue weighted by atomic mass is 10.0. The Hall–Kier alpha value is -2.08. The van der Waals surface area contributed by atoms with Gasteiger partial charge in [-0.15, -0.1) is 0 Å². The van der Waals surface area contributed by atoms with Gasteiger partial charge in [0.05, 0.1) is 6.61 Å². The fraction of sp³-hybridized carbons (Fsp3) is 0.500. The van der Waals surface area contributed by atoms with Crippen molar-refractivity contribution in [1.29, 1.82) is 0 Å². The highest BCUT2D eigenvalue weighted by Gasteiger charge is 2.29. The Morgan fingerprint density at radius 2 is 1.95 bits per heavy atom. The van der Waals surface area contributed by atoms with E-state index in [9.17, 15) is 14.7 Å². The molecule has 22 heavy (non-hydrogen) atoms. The molecule has 0 saturated carbocycles. The van der Waals surface area contributed by atoms with Crippen LogP contribution >= 0.6 is 0 Å². The Morgan fingerprint density at radius 1 is 1.32 bits per heavy atom. The molecule has 122 valence electrons. The second kappa shape index (κ2) is 7.26. The third-order valence-electron chi connectivity index (χ3n) is 3.36. The van der Waals surface area contributed by atoms with Crippen molar-refractivity contribution in [1.82, 2.24) is 4.90 Å². The van der Waals surface area contributed by atoms with Crippen molar-refractivity contribution in [2.24, 2.45) is 5.73 Å². The van der Waals surface area contributed by atoms with E-state index >= 15 is 0 Å². The predicted octanol–water partition coefficient (Wildman–Crippen LogP) is 1.71. The summed E-state index contributed by atoms with van der Waals surface area (Å²) in [4.78, 5) is 24.7. The first-order valence-electron chi connectivity index (χ1n) is 7.07. The standard InChI is InChI=1S/C16H24N2O4/c1-11-6-5-7-12(9-19)13(11)10-22-15(21)18(8-14(17)20)16(2,3)4/h5-7,19H,8-10H2,1-4H3,(H2,17,20). The van der Waals surface area contributed by atoms with Crippen molar-refractivity contribution in [2.75, 3.05) is 6.54 Å². The van der Waals surface area contributed by atoms with Crippen molar-refractivity contribution in [2.45, 2.75) is 46.4 Å². The van der Waals surface area contributed by atoms with Crippen LogP contribution in [0.1, 0.15) is 37.5 Å². The van der Waals surface area contributed by atoms with Gasteiger partial charge in [-0.1, -0.05) is 18.2 Å². The quantitative estimate of drug-likeness (QED) is 0.866. The van der Waals surface area contributed by atoms with E-state index in [1.165, 1.54) is 4.90 Å². The first-order valence-corrected chi connectivity index (χ1v) is 7.07. The number of aryl methyl sites for hydroxylation is 1. The zero-order valence-corrected chi connectivity index (χ0v) is 13.5. The van der Waals surface area contributed by atoms with Crippen molar-refractivity contribution in [3.8, 4) is 0 Å². The monoisotopic (exact) mass is 308 g/mol. The molecular formula is C16H24N2O4. The van der Waals surface area contributed by atoms with Gasteiger partial charge in [-0.05, 0) is 44.4 Å². The van der Waals surface area contributed by atoms with E-state index in [2.05, 4.69) is 0 Å². The average Bonchev–Trinajstić information content (AvgIpc) is 2.41. The molecule has 0 bridgehead atoms. The van der Waals surface area contributed by atoms with Gasteiger partial charge in [-0.25, -0.2) is 4.79 Å². The topological polar surface area (TPSA) is 92.9 Å². The minimum absolute atomic E-state index is 0.0345. The minimum Gasteiger partial charge on any atom is -0.444 e. The van der Waals surface area contributed by atoms with E-state index < -0.39 is 17.5 Å². The largest absolute Gasteiger partial charge is 0.444 e. The number of aliphatic hydroxyl groups excluding tert-OH is 1. The van der Waals surface area contributed by atoms with E-state index in [0.29, 0.717) is 5.56 Å². The van der Waals surface area contributed by atoms with Crippen LogP contribution in [0.4, 0.5) is 4.79 Å². The number of rotatable bonds is 5. The van der Waals surface area contributed by atoms with Gasteiger partial charge < -0.3 is 15.6 Å². The van der Waals surface area contributed by atoms with Crippen LogP contribution in [-0.2, 0) is 22.7 Å². The van der Waals surface area contributed by atoms with Gasteiger partial charge in [0.1, 0.15) is 13.2 Å². The summed E-state index contributed by atoms with van der Waals surface area (Å²) in [7, 11) is 0. The second-order valence-corrected chi connectivity index (χ2v) is 6.15. The Morgan fingerprint density at radius 3 is 2.45 bits per heavy atom. The summed E-state index contributed by atoms with van der Waals surface area (Å²) in [6, 6.07) is 5.50. The highest BCUT2D eigenvalue weighted by Crippen LogP contribution is 2.18. The van der Waals surface area contributed by atoms with Gasteiger partial charge in [0.15, 0.2) is 0 Å². The molecule has 6 nitrogen and oxygen atoms in total. The van der Waals surface area contributed by atoms with Crippen molar-refractivity contribution >= 4 is 12.0 Å². The van der Waals surface area contributed by atoms with Crippen LogP contribution in [0.5, 0.6) is 0 Å². The molecule has 0 radical (unpaired) electrons. The van der Waals surface area contributed by atoms with E-state index in [1.807, 2.05) is 19.1 Å². The summed E-state index contributed by atoms with van der Waals surface area (Å²) in [6.07, 6.45) is -0.613. The lowest BCUT2D eigenvalue weighted by Gasteiger charge is -2.33. The Balaban J connectivity index is 2.86. The van der Waals surface area contributed by atoms with Crippen molar-refractivity contribution in [3.63, 3.8) is 0 Å². The van der Waals surface area contributed by atoms with E-state index in [-0.39, 0.29) is 19.8 Å². The Kier molecular flexibility index (Phi) is 5.93. The number of hydrogen-bond acceptors (Lipinski definition) is 4. The smallest absolute Gasteiger partial charge is 0.411 e. The SMILES string of the molecule is Cc1cccc(CO)c1COC(=O)N(CC(N)=O)C(C)(C)C. The third kappa shape index (κ3) is 4.73. The molecule has 1 rings (SSSR count). The molecule has 0 atom stereocenters. The maximum Gasteiger partial charge on any atom is 0.411 e.